The number of unbranched alkanes of at least 4 members (excludes halogenated alkanes) is 20. The molecule has 0 rings (SSSR count). The monoisotopic (exact) mass is 727 g/mol. The Balaban J connectivity index is 4.21. The number of phosphoric acid groups is 1. The highest BCUT2D eigenvalue weighted by atomic mass is 31.2. The Morgan fingerprint density at radius 3 is 1.64 bits per heavy atom. The average molecular weight is 727 g/mol. The van der Waals surface area contributed by atoms with Crippen LogP contribution in [0.15, 0.2) is 36.5 Å². The number of carbonyl (C=O) groups excluding carboxylic acids is 1. The molecule has 3 unspecified atom stereocenters. The Labute approximate surface area is 308 Å². The number of aliphatic hydroxyl groups is 1. The number of nitrogens with one attached hydrogen (secondary N) is 1. The standard InChI is InChI=1S/C41H79N2O6P/c1-3-5-7-9-11-13-15-17-18-19-20-21-22-23-25-27-29-31-33-35-41(45)43-39(38-49-50(46,47)48-37-36-42)40(44)34-32-30-28-26-24-16-14-12-10-8-6-4-2/h11,13,17-18,20-21,39-40,44H,3-10,12,14-16,19,22-38,42H2,1-2H3,(H,43,45)(H,46,47)/b13-11-,18-17-,21-20-. The average Bonchev–Trinajstić information content (AvgIpc) is 3.10. The molecule has 50 heavy (non-hydrogen) atoms. The van der Waals surface area contributed by atoms with Gasteiger partial charge in [-0.25, -0.2) is 4.57 Å². The highest BCUT2D eigenvalue weighted by Crippen LogP contribution is 2.43. The third kappa shape index (κ3) is 35.1. The Hall–Kier alpha value is -1.28. The molecule has 0 saturated carbocycles. The van der Waals surface area contributed by atoms with E-state index in [9.17, 15) is 19.4 Å². The predicted molar refractivity (Wildman–Crippen MR) is 212 cm³/mol. The summed E-state index contributed by atoms with van der Waals surface area (Å²) in [5, 5.41) is 13.7. The lowest BCUT2D eigenvalue weighted by atomic mass is 10.0. The van der Waals surface area contributed by atoms with Crippen molar-refractivity contribution in [1.29, 1.82) is 0 Å². The van der Waals surface area contributed by atoms with Gasteiger partial charge in [-0.15, -0.1) is 0 Å². The molecule has 3 atom stereocenters. The Bertz CT molecular complexity index is 881. The van der Waals surface area contributed by atoms with E-state index in [4.69, 9.17) is 14.8 Å². The van der Waals surface area contributed by atoms with E-state index in [1.165, 1.54) is 96.3 Å². The van der Waals surface area contributed by atoms with E-state index in [0.29, 0.717) is 12.8 Å². The molecule has 0 spiro atoms. The van der Waals surface area contributed by atoms with Crippen LogP contribution in [0.2, 0.25) is 0 Å². The Kier molecular flexibility index (Phi) is 36.5. The van der Waals surface area contributed by atoms with Gasteiger partial charge in [0.05, 0.1) is 25.4 Å². The number of hydrogen-bond acceptors (Lipinski definition) is 6. The van der Waals surface area contributed by atoms with Crippen molar-refractivity contribution in [1.82, 2.24) is 5.32 Å². The van der Waals surface area contributed by atoms with Gasteiger partial charge >= 0.3 is 7.82 Å². The fourth-order valence-electron chi connectivity index (χ4n) is 5.85. The second kappa shape index (κ2) is 37.5. The zero-order chi connectivity index (χ0) is 36.8. The molecule has 0 heterocycles. The number of aliphatic hydroxyl groups excluding tert-OH is 1. The van der Waals surface area contributed by atoms with Crippen LogP contribution in [0.4, 0.5) is 0 Å². The van der Waals surface area contributed by atoms with Crippen molar-refractivity contribution in [3.8, 4) is 0 Å². The molecule has 294 valence electrons. The second-order valence-corrected chi connectivity index (χ2v) is 15.3. The van der Waals surface area contributed by atoms with E-state index in [2.05, 4.69) is 55.6 Å². The quantitative estimate of drug-likeness (QED) is 0.0283. The SMILES string of the molecule is CCCCC/C=C\C/C=C\C/C=C\CCCCCCCCC(=O)NC(COP(=O)(O)OCCN)C(O)CCCCCCCCCCCCCC. The van der Waals surface area contributed by atoms with Crippen molar-refractivity contribution < 1.29 is 28.4 Å². The fraction of sp³-hybridized carbons (Fsp3) is 0.829. The fourth-order valence-corrected chi connectivity index (χ4v) is 6.61. The Morgan fingerprint density at radius 1 is 0.660 bits per heavy atom. The van der Waals surface area contributed by atoms with Crippen molar-refractivity contribution in [3.63, 3.8) is 0 Å². The molecular weight excluding hydrogens is 647 g/mol. The van der Waals surface area contributed by atoms with Gasteiger partial charge in [0.15, 0.2) is 0 Å². The van der Waals surface area contributed by atoms with Crippen molar-refractivity contribution in [3.05, 3.63) is 36.5 Å². The number of rotatable bonds is 38. The van der Waals surface area contributed by atoms with Crippen LogP contribution in [0.5, 0.6) is 0 Å². The first-order valence-corrected chi connectivity index (χ1v) is 22.1. The molecule has 0 saturated heterocycles. The van der Waals surface area contributed by atoms with Crippen LogP contribution >= 0.6 is 7.82 Å². The predicted octanol–water partition coefficient (Wildman–Crippen LogP) is 11.2. The molecular formula is C41H79N2O6P. The maximum atomic E-state index is 12.7. The van der Waals surface area contributed by atoms with Crippen LogP contribution < -0.4 is 11.1 Å². The molecule has 0 radical (unpaired) electrons. The van der Waals surface area contributed by atoms with Gasteiger partial charge in [0.2, 0.25) is 5.91 Å². The molecule has 0 aliphatic heterocycles. The summed E-state index contributed by atoms with van der Waals surface area (Å²) >= 11 is 0. The number of carbonyl (C=O) groups is 1. The molecule has 0 fully saturated rings. The number of allylic oxidation sites excluding steroid dienone is 6. The number of hydrogen-bond donors (Lipinski definition) is 4. The van der Waals surface area contributed by atoms with Gasteiger partial charge in [0.1, 0.15) is 0 Å². The summed E-state index contributed by atoms with van der Waals surface area (Å²) in [6, 6.07) is -0.780. The molecule has 9 heteroatoms. The molecule has 0 aliphatic rings. The lowest BCUT2D eigenvalue weighted by molar-refractivity contribution is -0.123. The summed E-state index contributed by atoms with van der Waals surface area (Å²) < 4.78 is 22.1. The van der Waals surface area contributed by atoms with E-state index in [0.717, 1.165) is 64.2 Å². The zero-order valence-corrected chi connectivity index (χ0v) is 33.3. The summed E-state index contributed by atoms with van der Waals surface area (Å²) in [4.78, 5) is 22.7. The number of phosphoric ester groups is 1. The minimum atomic E-state index is -4.31. The van der Waals surface area contributed by atoms with Gasteiger partial charge in [0.25, 0.3) is 0 Å². The van der Waals surface area contributed by atoms with Crippen LogP contribution in [0, 0.1) is 0 Å². The second-order valence-electron chi connectivity index (χ2n) is 13.8. The van der Waals surface area contributed by atoms with Crippen molar-refractivity contribution in [2.45, 2.75) is 199 Å². The van der Waals surface area contributed by atoms with Crippen LogP contribution in [0.3, 0.4) is 0 Å². The largest absolute Gasteiger partial charge is 0.472 e. The Morgan fingerprint density at radius 2 is 1.10 bits per heavy atom. The van der Waals surface area contributed by atoms with Gasteiger partial charge in [-0.05, 0) is 51.4 Å². The first-order valence-electron chi connectivity index (χ1n) is 20.6. The molecule has 0 aromatic rings. The molecule has 0 aromatic carbocycles. The zero-order valence-electron chi connectivity index (χ0n) is 32.4. The highest BCUT2D eigenvalue weighted by Gasteiger charge is 2.27. The van der Waals surface area contributed by atoms with Gasteiger partial charge in [-0.2, -0.15) is 0 Å². The first-order chi connectivity index (χ1) is 24.4. The first kappa shape index (κ1) is 48.7. The summed E-state index contributed by atoms with van der Waals surface area (Å²) in [6.45, 7) is 4.16. The van der Waals surface area contributed by atoms with E-state index in [1.807, 2.05) is 0 Å². The topological polar surface area (TPSA) is 131 Å². The van der Waals surface area contributed by atoms with E-state index < -0.39 is 20.0 Å². The van der Waals surface area contributed by atoms with E-state index in [-0.39, 0.29) is 25.7 Å². The summed E-state index contributed by atoms with van der Waals surface area (Å²) in [6.07, 6.45) is 42.9. The lowest BCUT2D eigenvalue weighted by Crippen LogP contribution is -2.46. The maximum Gasteiger partial charge on any atom is 0.472 e. The number of amides is 1. The van der Waals surface area contributed by atoms with Crippen LogP contribution in [0.25, 0.3) is 0 Å². The summed E-state index contributed by atoms with van der Waals surface area (Å²) in [5.74, 6) is -0.176. The highest BCUT2D eigenvalue weighted by molar-refractivity contribution is 7.47. The molecule has 5 N–H and O–H groups in total. The summed E-state index contributed by atoms with van der Waals surface area (Å²) in [7, 11) is -4.31. The number of nitrogens with two attached hydrogens (primary N) is 1. The minimum Gasteiger partial charge on any atom is -0.391 e. The van der Waals surface area contributed by atoms with Gasteiger partial charge < -0.3 is 21.1 Å². The third-order valence-electron chi connectivity index (χ3n) is 9.00. The van der Waals surface area contributed by atoms with Gasteiger partial charge in [-0.3, -0.25) is 13.8 Å². The molecule has 0 aromatic heterocycles. The normalized spacial score (nSPS) is 14.6. The molecule has 1 amide bonds. The smallest absolute Gasteiger partial charge is 0.391 e. The van der Waals surface area contributed by atoms with Crippen LogP contribution in [0.1, 0.15) is 187 Å². The minimum absolute atomic E-state index is 0.0856. The molecule has 0 bridgehead atoms. The van der Waals surface area contributed by atoms with E-state index >= 15 is 0 Å². The molecule has 8 nitrogen and oxygen atoms in total. The lowest BCUT2D eigenvalue weighted by Gasteiger charge is -2.25. The van der Waals surface area contributed by atoms with Crippen molar-refractivity contribution >= 4 is 13.7 Å². The van der Waals surface area contributed by atoms with Crippen molar-refractivity contribution in [2.24, 2.45) is 5.73 Å². The van der Waals surface area contributed by atoms with Gasteiger partial charge in [-0.1, -0.05) is 166 Å². The van der Waals surface area contributed by atoms with E-state index in [1.54, 1.807) is 0 Å². The van der Waals surface area contributed by atoms with Crippen LogP contribution in [-0.2, 0) is 18.4 Å². The molecule has 0 aliphatic carbocycles. The van der Waals surface area contributed by atoms with Crippen molar-refractivity contribution in [2.75, 3.05) is 19.8 Å². The maximum absolute atomic E-state index is 12.7. The van der Waals surface area contributed by atoms with Gasteiger partial charge in [0, 0.05) is 13.0 Å². The third-order valence-corrected chi connectivity index (χ3v) is 9.98. The van der Waals surface area contributed by atoms with Crippen LogP contribution in [-0.4, -0.2) is 47.8 Å². The summed E-state index contributed by atoms with van der Waals surface area (Å²) in [5.41, 5.74) is 5.37.